The summed E-state index contributed by atoms with van der Waals surface area (Å²) >= 11 is 0. The second kappa shape index (κ2) is 7.04. The number of hydrogen-bond acceptors (Lipinski definition) is 3. The van der Waals surface area contributed by atoms with Gasteiger partial charge in [0.25, 0.3) is 0 Å². The first-order valence-corrected chi connectivity index (χ1v) is 7.20. The van der Waals surface area contributed by atoms with E-state index in [2.05, 4.69) is 10.4 Å². The van der Waals surface area contributed by atoms with E-state index >= 15 is 0 Å². The Labute approximate surface area is 124 Å². The van der Waals surface area contributed by atoms with Gasteiger partial charge < -0.3 is 5.11 Å². The van der Waals surface area contributed by atoms with Crippen molar-refractivity contribution >= 4 is 5.97 Å². The van der Waals surface area contributed by atoms with Crippen molar-refractivity contribution in [2.24, 2.45) is 0 Å². The summed E-state index contributed by atoms with van der Waals surface area (Å²) in [5.41, 5.74) is -0.304. The molecule has 1 unspecified atom stereocenters. The molecule has 21 heavy (non-hydrogen) atoms. The number of aryl methyl sites for hydroxylation is 1. The smallest absolute Gasteiger partial charge is 0.328 e. The third-order valence-corrected chi connectivity index (χ3v) is 3.58. The van der Waals surface area contributed by atoms with Gasteiger partial charge in [-0.1, -0.05) is 37.3 Å². The van der Waals surface area contributed by atoms with Gasteiger partial charge >= 0.3 is 5.97 Å². The molecule has 5 nitrogen and oxygen atoms in total. The Kier molecular flexibility index (Phi) is 5.11. The number of hydrogen-bond donors (Lipinski definition) is 2. The van der Waals surface area contributed by atoms with Crippen molar-refractivity contribution < 1.29 is 9.90 Å². The first kappa shape index (κ1) is 15.3. The Bertz CT molecular complexity index is 554. The molecule has 0 aliphatic heterocycles. The highest BCUT2D eigenvalue weighted by Crippen LogP contribution is 2.26. The Hall–Kier alpha value is -2.14. The van der Waals surface area contributed by atoms with E-state index in [1.54, 1.807) is 10.9 Å². The van der Waals surface area contributed by atoms with Crippen LogP contribution in [0.25, 0.3) is 0 Å². The largest absolute Gasteiger partial charge is 0.480 e. The molecule has 0 bridgehead atoms. The number of carbonyl (C=O) groups is 1. The Morgan fingerprint density at radius 3 is 2.67 bits per heavy atom. The molecule has 1 heterocycles. The minimum Gasteiger partial charge on any atom is -0.480 e. The molecule has 0 spiro atoms. The number of aliphatic carboxylic acids is 1. The van der Waals surface area contributed by atoms with Gasteiger partial charge in [-0.3, -0.25) is 10.00 Å². The highest BCUT2D eigenvalue weighted by Gasteiger charge is 2.39. The third-order valence-electron chi connectivity index (χ3n) is 3.58. The molecule has 1 atom stereocenters. The highest BCUT2D eigenvalue weighted by atomic mass is 16.4. The van der Waals surface area contributed by atoms with Crippen molar-refractivity contribution in [3.05, 3.63) is 54.4 Å². The van der Waals surface area contributed by atoms with Gasteiger partial charge in [-0.05, 0) is 24.6 Å². The summed E-state index contributed by atoms with van der Waals surface area (Å²) in [6.45, 7) is 3.23. The predicted molar refractivity (Wildman–Crippen MR) is 80.9 cm³/mol. The van der Waals surface area contributed by atoms with E-state index in [-0.39, 0.29) is 0 Å². The second-order valence-electron chi connectivity index (χ2n) is 5.02. The van der Waals surface area contributed by atoms with Gasteiger partial charge in [0.1, 0.15) is 5.54 Å². The van der Waals surface area contributed by atoms with Crippen LogP contribution < -0.4 is 5.32 Å². The molecule has 0 aliphatic carbocycles. The maximum Gasteiger partial charge on any atom is 0.328 e. The van der Waals surface area contributed by atoms with E-state index < -0.39 is 11.5 Å². The quantitative estimate of drug-likeness (QED) is 0.781. The van der Waals surface area contributed by atoms with Gasteiger partial charge in [0.15, 0.2) is 0 Å². The van der Waals surface area contributed by atoms with Crippen LogP contribution in [0, 0.1) is 0 Å². The maximum absolute atomic E-state index is 12.0. The van der Waals surface area contributed by atoms with Gasteiger partial charge in [-0.25, -0.2) is 4.79 Å². The summed E-state index contributed by atoms with van der Waals surface area (Å²) in [5.74, 6) is -0.852. The highest BCUT2D eigenvalue weighted by molar-refractivity contribution is 5.80. The van der Waals surface area contributed by atoms with E-state index in [1.807, 2.05) is 49.5 Å². The lowest BCUT2D eigenvalue weighted by Crippen LogP contribution is -2.50. The molecular formula is C16H21N3O2. The molecule has 0 amide bonds. The van der Waals surface area contributed by atoms with E-state index in [1.165, 1.54) is 0 Å². The van der Waals surface area contributed by atoms with Crippen LogP contribution in [0.3, 0.4) is 0 Å². The van der Waals surface area contributed by atoms with E-state index in [4.69, 9.17) is 0 Å². The van der Waals surface area contributed by atoms with Crippen molar-refractivity contribution in [2.75, 3.05) is 6.54 Å². The SMILES string of the molecule is CCCNC(CCn1cccn1)(C(=O)O)c1ccccc1. The molecule has 2 rings (SSSR count). The summed E-state index contributed by atoms with van der Waals surface area (Å²) in [5, 5.41) is 17.2. The number of nitrogens with one attached hydrogen (secondary N) is 1. The third kappa shape index (κ3) is 3.49. The number of carboxylic acid groups (broad SMARTS) is 1. The normalized spacial score (nSPS) is 13.8. The topological polar surface area (TPSA) is 67.2 Å². The average molecular weight is 287 g/mol. The first-order valence-electron chi connectivity index (χ1n) is 7.20. The van der Waals surface area contributed by atoms with Crippen molar-refractivity contribution in [3.63, 3.8) is 0 Å². The summed E-state index contributed by atoms with van der Waals surface area (Å²) in [6.07, 6.45) is 4.86. The van der Waals surface area contributed by atoms with Gasteiger partial charge in [0.05, 0.1) is 0 Å². The van der Waals surface area contributed by atoms with Crippen molar-refractivity contribution in [3.8, 4) is 0 Å². The minimum absolute atomic E-state index is 0.439. The van der Waals surface area contributed by atoms with Crippen LogP contribution >= 0.6 is 0 Å². The van der Waals surface area contributed by atoms with E-state index in [9.17, 15) is 9.90 Å². The van der Waals surface area contributed by atoms with Crippen molar-refractivity contribution in [1.29, 1.82) is 0 Å². The molecule has 1 aromatic heterocycles. The molecule has 0 saturated heterocycles. The van der Waals surface area contributed by atoms with Gasteiger partial charge in [-0.2, -0.15) is 5.10 Å². The lowest BCUT2D eigenvalue weighted by atomic mass is 9.86. The summed E-state index contributed by atoms with van der Waals surface area (Å²) in [4.78, 5) is 12.0. The number of rotatable bonds is 8. The minimum atomic E-state index is -1.08. The zero-order valence-corrected chi connectivity index (χ0v) is 12.2. The van der Waals surface area contributed by atoms with Crippen LogP contribution in [0.15, 0.2) is 48.8 Å². The van der Waals surface area contributed by atoms with Crippen LogP contribution in [0.2, 0.25) is 0 Å². The van der Waals surface area contributed by atoms with Crippen LogP contribution in [0.4, 0.5) is 0 Å². The predicted octanol–water partition coefficient (Wildman–Crippen LogP) is 2.25. The Morgan fingerprint density at radius 1 is 1.33 bits per heavy atom. The van der Waals surface area contributed by atoms with Crippen LogP contribution in [0.5, 0.6) is 0 Å². The fourth-order valence-electron chi connectivity index (χ4n) is 2.42. The van der Waals surface area contributed by atoms with Gasteiger partial charge in [0.2, 0.25) is 0 Å². The Morgan fingerprint density at radius 2 is 2.10 bits per heavy atom. The molecule has 0 aliphatic rings. The molecule has 0 radical (unpaired) electrons. The van der Waals surface area contributed by atoms with Crippen molar-refractivity contribution in [1.82, 2.24) is 15.1 Å². The van der Waals surface area contributed by atoms with Crippen LogP contribution in [0.1, 0.15) is 25.3 Å². The molecule has 0 fully saturated rings. The summed E-state index contributed by atoms with van der Waals surface area (Å²) in [6, 6.07) is 11.2. The molecular weight excluding hydrogens is 266 g/mol. The zero-order valence-electron chi connectivity index (χ0n) is 12.2. The monoisotopic (exact) mass is 287 g/mol. The van der Waals surface area contributed by atoms with Crippen molar-refractivity contribution in [2.45, 2.75) is 31.8 Å². The summed E-state index contributed by atoms with van der Waals surface area (Å²) < 4.78 is 1.76. The second-order valence-corrected chi connectivity index (χ2v) is 5.02. The van der Waals surface area contributed by atoms with E-state index in [0.717, 1.165) is 12.0 Å². The molecule has 112 valence electrons. The molecule has 2 N–H and O–H groups in total. The lowest BCUT2D eigenvalue weighted by Gasteiger charge is -2.31. The molecule has 0 saturated carbocycles. The summed E-state index contributed by atoms with van der Waals surface area (Å²) in [7, 11) is 0. The van der Waals surface area contributed by atoms with E-state index in [0.29, 0.717) is 19.5 Å². The number of benzene rings is 1. The molecule has 5 heteroatoms. The Balaban J connectivity index is 2.28. The zero-order chi connectivity index (χ0) is 15.1. The van der Waals surface area contributed by atoms with Crippen LogP contribution in [-0.4, -0.2) is 27.4 Å². The lowest BCUT2D eigenvalue weighted by molar-refractivity contribution is -0.146. The standard InChI is InChI=1S/C16H21N3O2/c1-2-10-17-16(15(20)21,14-7-4-3-5-8-14)9-13-19-12-6-11-18-19/h3-8,11-12,17H,2,9-10,13H2,1H3,(H,20,21). The molecule has 1 aromatic carbocycles. The maximum atomic E-state index is 12.0. The van der Waals surface area contributed by atoms with Crippen LogP contribution in [-0.2, 0) is 16.9 Å². The number of aromatic nitrogens is 2. The fraction of sp³-hybridized carbons (Fsp3) is 0.375. The van der Waals surface area contributed by atoms with Gasteiger partial charge in [0, 0.05) is 25.4 Å². The fourth-order valence-corrected chi connectivity index (χ4v) is 2.42. The first-order chi connectivity index (χ1) is 10.2. The number of carboxylic acids is 1. The van der Waals surface area contributed by atoms with Gasteiger partial charge in [-0.15, -0.1) is 0 Å². The molecule has 2 aromatic rings. The number of nitrogens with zero attached hydrogens (tertiary/aromatic N) is 2. The average Bonchev–Trinajstić information content (AvgIpc) is 3.02.